The normalized spacial score (nSPS) is 15.8. The molecule has 0 bridgehead atoms. The highest BCUT2D eigenvalue weighted by molar-refractivity contribution is 5.91. The molecule has 0 aliphatic carbocycles. The first-order valence-electron chi connectivity index (χ1n) is 8.31. The molecule has 0 spiro atoms. The fourth-order valence-electron chi connectivity index (χ4n) is 3.02. The Bertz CT molecular complexity index is 700. The summed E-state index contributed by atoms with van der Waals surface area (Å²) in [5.74, 6) is 2.58. The Morgan fingerprint density at radius 2 is 2.08 bits per heavy atom. The summed E-state index contributed by atoms with van der Waals surface area (Å²) in [5.41, 5.74) is 0. The molecule has 0 saturated carbocycles. The summed E-state index contributed by atoms with van der Waals surface area (Å²) in [4.78, 5) is 20.9. The van der Waals surface area contributed by atoms with Gasteiger partial charge >= 0.3 is 0 Å². The van der Waals surface area contributed by atoms with Gasteiger partial charge in [-0.1, -0.05) is 6.07 Å². The van der Waals surface area contributed by atoms with E-state index in [4.69, 9.17) is 4.42 Å². The zero-order chi connectivity index (χ0) is 16.9. The first kappa shape index (κ1) is 16.3. The monoisotopic (exact) mass is 325 g/mol. The number of hydrogen-bond acceptors (Lipinski definition) is 4. The Morgan fingerprint density at radius 1 is 1.29 bits per heavy atom. The minimum Gasteiger partial charge on any atom is -0.462 e. The smallest absolute Gasteiger partial charge is 0.246 e. The van der Waals surface area contributed by atoms with Crippen LogP contribution in [0.5, 0.6) is 0 Å². The molecule has 1 aliphatic heterocycles. The van der Waals surface area contributed by atoms with Crippen LogP contribution in [0.2, 0.25) is 0 Å². The van der Waals surface area contributed by atoms with E-state index >= 15 is 0 Å². The summed E-state index contributed by atoms with van der Waals surface area (Å²) in [5, 5.41) is 0. The van der Waals surface area contributed by atoms with Crippen LogP contribution in [0, 0.1) is 6.92 Å². The molecule has 1 amide bonds. The number of aromatic nitrogens is 1. The molecule has 1 aliphatic rings. The number of pyridine rings is 1. The second-order valence-electron chi connectivity index (χ2n) is 6.14. The Balaban J connectivity index is 1.53. The molecule has 2 aromatic rings. The standard InChI is InChI=1S/C19H23N3O2/c1-15-6-7-17(24-15)8-9-19(23)21(2)16-10-13-22(14-11-16)18-5-3-4-12-20-18/h3-9,12,16H,10-11,13-14H2,1-2H3/b9-8+. The minimum absolute atomic E-state index is 0.0142. The van der Waals surface area contributed by atoms with E-state index in [2.05, 4.69) is 9.88 Å². The predicted octanol–water partition coefficient (Wildman–Crippen LogP) is 3.12. The van der Waals surface area contributed by atoms with Gasteiger partial charge in [-0.3, -0.25) is 4.79 Å². The van der Waals surface area contributed by atoms with Crippen LogP contribution < -0.4 is 4.90 Å². The highest BCUT2D eigenvalue weighted by Gasteiger charge is 2.24. The van der Waals surface area contributed by atoms with Crippen molar-refractivity contribution in [2.24, 2.45) is 0 Å². The molecule has 24 heavy (non-hydrogen) atoms. The number of piperidine rings is 1. The molecular weight excluding hydrogens is 302 g/mol. The largest absolute Gasteiger partial charge is 0.462 e. The summed E-state index contributed by atoms with van der Waals surface area (Å²) in [6.07, 6.45) is 7.04. The van der Waals surface area contributed by atoms with E-state index in [-0.39, 0.29) is 11.9 Å². The van der Waals surface area contributed by atoms with Gasteiger partial charge in [0.15, 0.2) is 0 Å². The highest BCUT2D eigenvalue weighted by atomic mass is 16.3. The number of furan rings is 1. The number of rotatable bonds is 4. The van der Waals surface area contributed by atoms with Crippen molar-refractivity contribution in [2.45, 2.75) is 25.8 Å². The lowest BCUT2D eigenvalue weighted by Crippen LogP contribution is -2.45. The van der Waals surface area contributed by atoms with Crippen LogP contribution in [0.25, 0.3) is 6.08 Å². The van der Waals surface area contributed by atoms with Crippen molar-refractivity contribution in [3.8, 4) is 0 Å². The van der Waals surface area contributed by atoms with E-state index in [9.17, 15) is 4.79 Å². The molecule has 0 N–H and O–H groups in total. The molecular formula is C19H23N3O2. The van der Waals surface area contributed by atoms with Gasteiger partial charge in [-0.2, -0.15) is 0 Å². The first-order valence-corrected chi connectivity index (χ1v) is 8.31. The van der Waals surface area contributed by atoms with Crippen molar-refractivity contribution in [3.05, 3.63) is 54.1 Å². The fourth-order valence-corrected chi connectivity index (χ4v) is 3.02. The Kier molecular flexibility index (Phi) is 4.99. The van der Waals surface area contributed by atoms with Gasteiger partial charge in [0.05, 0.1) is 0 Å². The summed E-state index contributed by atoms with van der Waals surface area (Å²) >= 11 is 0. The second kappa shape index (κ2) is 7.34. The number of amides is 1. The Hall–Kier alpha value is -2.56. The lowest BCUT2D eigenvalue weighted by Gasteiger charge is -2.36. The van der Waals surface area contributed by atoms with Gasteiger partial charge in [0, 0.05) is 38.5 Å². The number of aryl methyl sites for hydroxylation is 1. The number of likely N-dealkylation sites (N-methyl/N-ethyl adjacent to an activating group) is 1. The van der Waals surface area contributed by atoms with Crippen molar-refractivity contribution in [1.82, 2.24) is 9.88 Å². The van der Waals surface area contributed by atoms with Crippen LogP contribution >= 0.6 is 0 Å². The Morgan fingerprint density at radius 3 is 2.71 bits per heavy atom. The van der Waals surface area contributed by atoms with E-state index < -0.39 is 0 Å². The van der Waals surface area contributed by atoms with E-state index in [1.165, 1.54) is 0 Å². The van der Waals surface area contributed by atoms with Gasteiger partial charge in [-0.25, -0.2) is 4.98 Å². The number of hydrogen-bond donors (Lipinski definition) is 0. The van der Waals surface area contributed by atoms with Crippen molar-refractivity contribution in [1.29, 1.82) is 0 Å². The van der Waals surface area contributed by atoms with Crippen molar-refractivity contribution in [2.75, 3.05) is 25.0 Å². The molecule has 5 heteroatoms. The molecule has 3 heterocycles. The summed E-state index contributed by atoms with van der Waals surface area (Å²) in [7, 11) is 1.88. The van der Waals surface area contributed by atoms with Crippen LogP contribution in [-0.2, 0) is 4.79 Å². The molecule has 3 rings (SSSR count). The maximum atomic E-state index is 12.3. The molecule has 0 aromatic carbocycles. The van der Waals surface area contributed by atoms with Crippen LogP contribution in [0.4, 0.5) is 5.82 Å². The lowest BCUT2D eigenvalue weighted by molar-refractivity contribution is -0.127. The van der Waals surface area contributed by atoms with E-state index in [0.717, 1.165) is 37.5 Å². The zero-order valence-electron chi connectivity index (χ0n) is 14.2. The summed E-state index contributed by atoms with van der Waals surface area (Å²) < 4.78 is 5.45. The maximum absolute atomic E-state index is 12.3. The third kappa shape index (κ3) is 3.85. The topological polar surface area (TPSA) is 49.6 Å². The number of anilines is 1. The second-order valence-corrected chi connectivity index (χ2v) is 6.14. The van der Waals surface area contributed by atoms with Gasteiger partial charge in [-0.15, -0.1) is 0 Å². The molecule has 0 unspecified atom stereocenters. The van der Waals surface area contributed by atoms with Gasteiger partial charge in [0.1, 0.15) is 17.3 Å². The van der Waals surface area contributed by atoms with E-state index in [1.807, 2.05) is 55.4 Å². The molecule has 0 radical (unpaired) electrons. The Labute approximate surface area is 142 Å². The number of carbonyl (C=O) groups is 1. The third-order valence-corrected chi connectivity index (χ3v) is 4.48. The number of nitrogens with zero attached hydrogens (tertiary/aromatic N) is 3. The highest BCUT2D eigenvalue weighted by Crippen LogP contribution is 2.20. The maximum Gasteiger partial charge on any atom is 0.246 e. The molecule has 1 saturated heterocycles. The van der Waals surface area contributed by atoms with E-state index in [1.54, 1.807) is 12.2 Å². The summed E-state index contributed by atoms with van der Waals surface area (Å²) in [6.45, 7) is 3.72. The van der Waals surface area contributed by atoms with Crippen LogP contribution in [0.1, 0.15) is 24.4 Å². The average Bonchev–Trinajstić information content (AvgIpc) is 3.05. The fraction of sp³-hybridized carbons (Fsp3) is 0.368. The average molecular weight is 325 g/mol. The predicted molar refractivity (Wildman–Crippen MR) is 94.7 cm³/mol. The lowest BCUT2D eigenvalue weighted by atomic mass is 10.0. The molecule has 1 fully saturated rings. The molecule has 126 valence electrons. The van der Waals surface area contributed by atoms with Crippen LogP contribution in [0.3, 0.4) is 0 Å². The van der Waals surface area contributed by atoms with Crippen molar-refractivity contribution in [3.63, 3.8) is 0 Å². The third-order valence-electron chi connectivity index (χ3n) is 4.48. The molecule has 2 aromatic heterocycles. The molecule has 0 atom stereocenters. The summed E-state index contributed by atoms with van der Waals surface area (Å²) in [6, 6.07) is 9.98. The van der Waals surface area contributed by atoms with E-state index in [0.29, 0.717) is 5.76 Å². The number of carbonyl (C=O) groups excluding carboxylic acids is 1. The van der Waals surface area contributed by atoms with Gasteiger partial charge in [0.25, 0.3) is 0 Å². The minimum atomic E-state index is 0.0142. The van der Waals surface area contributed by atoms with Gasteiger partial charge in [0.2, 0.25) is 5.91 Å². The molecule has 5 nitrogen and oxygen atoms in total. The SMILES string of the molecule is Cc1ccc(/C=C/C(=O)N(C)C2CCN(c3ccccn3)CC2)o1. The van der Waals surface area contributed by atoms with Gasteiger partial charge < -0.3 is 14.2 Å². The quantitative estimate of drug-likeness (QED) is 0.811. The van der Waals surface area contributed by atoms with Crippen molar-refractivity contribution >= 4 is 17.8 Å². The van der Waals surface area contributed by atoms with Crippen LogP contribution in [-0.4, -0.2) is 42.0 Å². The van der Waals surface area contributed by atoms with Crippen molar-refractivity contribution < 1.29 is 9.21 Å². The van der Waals surface area contributed by atoms with Crippen LogP contribution in [0.15, 0.2) is 47.0 Å². The zero-order valence-corrected chi connectivity index (χ0v) is 14.2. The van der Waals surface area contributed by atoms with Gasteiger partial charge in [-0.05, 0) is 50.1 Å². The first-order chi connectivity index (χ1) is 11.6.